The summed E-state index contributed by atoms with van der Waals surface area (Å²) in [6.07, 6.45) is 0. The Bertz CT molecular complexity index is 1110. The third-order valence-electron chi connectivity index (χ3n) is 4.85. The minimum Gasteiger partial charge on any atom is -0.492 e. The van der Waals surface area contributed by atoms with Crippen LogP contribution in [0.3, 0.4) is 0 Å². The maximum Gasteiger partial charge on any atom is 0.256 e. The highest BCUT2D eigenvalue weighted by atomic mass is 16.5. The van der Waals surface area contributed by atoms with Gasteiger partial charge < -0.3 is 20.1 Å². The van der Waals surface area contributed by atoms with Crippen LogP contribution in [0.4, 0.5) is 11.4 Å². The van der Waals surface area contributed by atoms with Crippen molar-refractivity contribution in [2.24, 2.45) is 0 Å². The van der Waals surface area contributed by atoms with Crippen LogP contribution in [0, 0.1) is 13.8 Å². The molecule has 0 saturated carbocycles. The van der Waals surface area contributed by atoms with Gasteiger partial charge in [0.1, 0.15) is 11.5 Å². The van der Waals surface area contributed by atoms with Crippen LogP contribution in [0.15, 0.2) is 60.7 Å². The van der Waals surface area contributed by atoms with Crippen LogP contribution in [0.5, 0.6) is 11.5 Å². The molecule has 0 atom stereocenters. The van der Waals surface area contributed by atoms with E-state index >= 15 is 0 Å². The fourth-order valence-corrected chi connectivity index (χ4v) is 3.26. The normalized spacial score (nSPS) is 10.4. The third kappa shape index (κ3) is 5.46. The molecule has 0 spiro atoms. The molecular weight excluding hydrogens is 404 g/mol. The topological polar surface area (TPSA) is 76.7 Å². The van der Waals surface area contributed by atoms with Gasteiger partial charge in [0.15, 0.2) is 0 Å². The summed E-state index contributed by atoms with van der Waals surface area (Å²) in [6.45, 7) is 8.34. The Kier molecular flexibility index (Phi) is 7.49. The SMILES string of the molecule is CCOc1cc(NC(=O)c2cc(C)ccc2C)c(OCC)cc1NC(=O)c1ccccc1. The maximum absolute atomic E-state index is 13.0. The Morgan fingerprint density at radius 2 is 1.31 bits per heavy atom. The summed E-state index contributed by atoms with van der Waals surface area (Å²) in [5, 5.41) is 5.82. The molecule has 2 N–H and O–H groups in total. The molecule has 166 valence electrons. The molecule has 32 heavy (non-hydrogen) atoms. The molecule has 3 aromatic rings. The molecule has 0 saturated heterocycles. The van der Waals surface area contributed by atoms with Gasteiger partial charge in [-0.3, -0.25) is 9.59 Å². The van der Waals surface area contributed by atoms with E-state index in [2.05, 4.69) is 10.6 Å². The molecule has 0 aromatic heterocycles. The van der Waals surface area contributed by atoms with Crippen molar-refractivity contribution in [2.75, 3.05) is 23.8 Å². The summed E-state index contributed by atoms with van der Waals surface area (Å²) in [5.74, 6) is 0.381. The molecule has 0 fully saturated rings. The number of hydrogen-bond acceptors (Lipinski definition) is 4. The second-order valence-corrected chi connectivity index (χ2v) is 7.30. The van der Waals surface area contributed by atoms with Crippen molar-refractivity contribution in [3.63, 3.8) is 0 Å². The lowest BCUT2D eigenvalue weighted by Crippen LogP contribution is -2.16. The zero-order valence-corrected chi connectivity index (χ0v) is 18.8. The summed E-state index contributed by atoms with van der Waals surface area (Å²) in [6, 6.07) is 18.0. The molecule has 0 heterocycles. The monoisotopic (exact) mass is 432 g/mol. The van der Waals surface area contributed by atoms with E-state index in [1.807, 2.05) is 52.0 Å². The fraction of sp³-hybridized carbons (Fsp3) is 0.231. The lowest BCUT2D eigenvalue weighted by atomic mass is 10.0. The second kappa shape index (κ2) is 10.5. The van der Waals surface area contributed by atoms with E-state index in [1.54, 1.807) is 36.4 Å². The Morgan fingerprint density at radius 3 is 1.88 bits per heavy atom. The molecule has 3 aromatic carbocycles. The fourth-order valence-electron chi connectivity index (χ4n) is 3.26. The Labute approximate surface area is 188 Å². The lowest BCUT2D eigenvalue weighted by Gasteiger charge is -2.18. The van der Waals surface area contributed by atoms with Gasteiger partial charge in [-0.05, 0) is 51.5 Å². The summed E-state index contributed by atoms with van der Waals surface area (Å²) < 4.78 is 11.5. The molecule has 6 heteroatoms. The van der Waals surface area contributed by atoms with E-state index in [0.29, 0.717) is 47.2 Å². The molecule has 0 aliphatic rings. The van der Waals surface area contributed by atoms with Gasteiger partial charge in [0.05, 0.1) is 24.6 Å². The van der Waals surface area contributed by atoms with E-state index in [1.165, 1.54) is 0 Å². The van der Waals surface area contributed by atoms with Crippen molar-refractivity contribution in [3.05, 3.63) is 82.9 Å². The van der Waals surface area contributed by atoms with Gasteiger partial charge >= 0.3 is 0 Å². The number of amides is 2. The standard InChI is InChI=1S/C26H28N2O4/c1-5-31-23-16-22(28-26(30)20-14-17(3)12-13-18(20)4)24(32-6-2)15-21(23)27-25(29)19-10-8-7-9-11-19/h7-16H,5-6H2,1-4H3,(H,27,29)(H,28,30). The molecule has 0 aliphatic heterocycles. The van der Waals surface area contributed by atoms with Gasteiger partial charge in [-0.15, -0.1) is 0 Å². The van der Waals surface area contributed by atoms with Gasteiger partial charge in [-0.2, -0.15) is 0 Å². The van der Waals surface area contributed by atoms with Crippen LogP contribution >= 0.6 is 0 Å². The van der Waals surface area contributed by atoms with Crippen molar-refractivity contribution in [1.82, 2.24) is 0 Å². The molecule has 3 rings (SSSR count). The summed E-state index contributed by atoms with van der Waals surface area (Å²) in [7, 11) is 0. The number of carbonyl (C=O) groups is 2. The largest absolute Gasteiger partial charge is 0.492 e. The van der Waals surface area contributed by atoms with Crippen LogP contribution in [0.1, 0.15) is 45.7 Å². The minimum absolute atomic E-state index is 0.240. The van der Waals surface area contributed by atoms with Crippen molar-refractivity contribution in [1.29, 1.82) is 0 Å². The zero-order valence-electron chi connectivity index (χ0n) is 18.8. The summed E-state index contributed by atoms with van der Waals surface area (Å²) in [4.78, 5) is 25.7. The smallest absolute Gasteiger partial charge is 0.256 e. The van der Waals surface area contributed by atoms with E-state index in [-0.39, 0.29) is 11.8 Å². The van der Waals surface area contributed by atoms with Gasteiger partial charge in [0.25, 0.3) is 11.8 Å². The van der Waals surface area contributed by atoms with E-state index in [0.717, 1.165) is 11.1 Å². The first kappa shape index (κ1) is 22.9. The predicted octanol–water partition coefficient (Wildman–Crippen LogP) is 5.61. The number of anilines is 2. The van der Waals surface area contributed by atoms with Crippen molar-refractivity contribution < 1.29 is 19.1 Å². The molecular formula is C26H28N2O4. The lowest BCUT2D eigenvalue weighted by molar-refractivity contribution is 0.101. The first-order valence-electron chi connectivity index (χ1n) is 10.6. The highest BCUT2D eigenvalue weighted by Crippen LogP contribution is 2.37. The molecule has 6 nitrogen and oxygen atoms in total. The van der Waals surface area contributed by atoms with E-state index < -0.39 is 0 Å². The Hall–Kier alpha value is -3.80. The first-order valence-corrected chi connectivity index (χ1v) is 10.6. The predicted molar refractivity (Wildman–Crippen MR) is 127 cm³/mol. The van der Waals surface area contributed by atoms with Crippen LogP contribution in [0.2, 0.25) is 0 Å². The molecule has 0 radical (unpaired) electrons. The molecule has 2 amide bonds. The molecule has 0 bridgehead atoms. The first-order chi connectivity index (χ1) is 15.4. The molecule has 0 aliphatic carbocycles. The Balaban J connectivity index is 1.95. The minimum atomic E-state index is -0.263. The maximum atomic E-state index is 13.0. The average molecular weight is 433 g/mol. The van der Waals surface area contributed by atoms with Crippen molar-refractivity contribution in [2.45, 2.75) is 27.7 Å². The number of carbonyl (C=O) groups excluding carboxylic acids is 2. The van der Waals surface area contributed by atoms with Crippen LogP contribution in [-0.4, -0.2) is 25.0 Å². The summed E-state index contributed by atoms with van der Waals surface area (Å²) >= 11 is 0. The van der Waals surface area contributed by atoms with Crippen LogP contribution in [-0.2, 0) is 0 Å². The van der Waals surface area contributed by atoms with Gasteiger partial charge in [0, 0.05) is 23.3 Å². The van der Waals surface area contributed by atoms with E-state index in [9.17, 15) is 9.59 Å². The van der Waals surface area contributed by atoms with E-state index in [4.69, 9.17) is 9.47 Å². The van der Waals surface area contributed by atoms with Crippen LogP contribution in [0.25, 0.3) is 0 Å². The van der Waals surface area contributed by atoms with Gasteiger partial charge in [-0.1, -0.05) is 35.9 Å². The third-order valence-corrected chi connectivity index (χ3v) is 4.85. The average Bonchev–Trinajstić information content (AvgIpc) is 2.78. The zero-order chi connectivity index (χ0) is 23.1. The highest BCUT2D eigenvalue weighted by Gasteiger charge is 2.18. The highest BCUT2D eigenvalue weighted by molar-refractivity contribution is 6.08. The van der Waals surface area contributed by atoms with Crippen LogP contribution < -0.4 is 20.1 Å². The van der Waals surface area contributed by atoms with Crippen molar-refractivity contribution in [3.8, 4) is 11.5 Å². The Morgan fingerprint density at radius 1 is 0.750 bits per heavy atom. The summed E-state index contributed by atoms with van der Waals surface area (Å²) in [5.41, 5.74) is 3.93. The second-order valence-electron chi connectivity index (χ2n) is 7.30. The van der Waals surface area contributed by atoms with Crippen molar-refractivity contribution >= 4 is 23.2 Å². The number of rotatable bonds is 8. The number of hydrogen-bond donors (Lipinski definition) is 2. The number of nitrogens with one attached hydrogen (secondary N) is 2. The van der Waals surface area contributed by atoms with Gasteiger partial charge in [-0.25, -0.2) is 0 Å². The number of benzene rings is 3. The van der Waals surface area contributed by atoms with Gasteiger partial charge in [0.2, 0.25) is 0 Å². The molecule has 0 unspecified atom stereocenters. The number of aryl methyl sites for hydroxylation is 2. The quantitative estimate of drug-likeness (QED) is 0.485. The number of ether oxygens (including phenoxy) is 2.